The molecule has 0 radical (unpaired) electrons. The Balaban J connectivity index is 2.10. The fourth-order valence-electron chi connectivity index (χ4n) is 2.54. The summed E-state index contributed by atoms with van der Waals surface area (Å²) >= 11 is 0. The second kappa shape index (κ2) is 5.55. The van der Waals surface area contributed by atoms with Crippen LogP contribution < -0.4 is 10.6 Å². The molecular weight excluding hydrogens is 284 g/mol. The van der Waals surface area contributed by atoms with E-state index in [9.17, 15) is 9.59 Å². The molecule has 0 aromatic carbocycles. The van der Waals surface area contributed by atoms with Crippen LogP contribution >= 0.6 is 0 Å². The van der Waals surface area contributed by atoms with Crippen molar-refractivity contribution >= 4 is 23.3 Å². The Hall–Kier alpha value is -2.77. The quantitative estimate of drug-likeness (QED) is 0.826. The summed E-state index contributed by atoms with van der Waals surface area (Å²) in [4.78, 5) is 32.6. The van der Waals surface area contributed by atoms with Gasteiger partial charge < -0.3 is 10.6 Å². The number of carbonyl (C=O) groups excluding carboxylic acids is 2. The normalized spacial score (nSPS) is 18.0. The number of fused-ring (bicyclic) bond motifs is 2. The van der Waals surface area contributed by atoms with E-state index in [0.717, 1.165) is 0 Å². The summed E-state index contributed by atoms with van der Waals surface area (Å²) in [6.45, 7) is 1.97. The van der Waals surface area contributed by atoms with Gasteiger partial charge in [0, 0.05) is 25.6 Å². The average molecular weight is 300 g/mol. The fourth-order valence-corrected chi connectivity index (χ4v) is 2.54. The third kappa shape index (κ3) is 2.54. The molecule has 0 spiro atoms. The second-order valence-electron chi connectivity index (χ2n) is 5.20. The second-order valence-corrected chi connectivity index (χ2v) is 5.20. The van der Waals surface area contributed by atoms with E-state index in [-0.39, 0.29) is 30.0 Å². The molecule has 2 amide bonds. The van der Waals surface area contributed by atoms with E-state index in [1.807, 2.05) is 6.92 Å². The number of carbonyl (C=O) groups is 2. The first-order valence-electron chi connectivity index (χ1n) is 7.03. The van der Waals surface area contributed by atoms with Crippen molar-refractivity contribution in [1.82, 2.24) is 19.7 Å². The zero-order valence-electron chi connectivity index (χ0n) is 12.3. The summed E-state index contributed by atoms with van der Waals surface area (Å²) in [5.74, 6) is -0.292. The average Bonchev–Trinajstić information content (AvgIpc) is 2.88. The highest BCUT2D eigenvalue weighted by Gasteiger charge is 2.27. The number of nitrogens with zero attached hydrogens (tertiary/aromatic N) is 4. The van der Waals surface area contributed by atoms with Crippen molar-refractivity contribution in [2.75, 3.05) is 10.6 Å². The van der Waals surface area contributed by atoms with Crippen LogP contribution in [0.3, 0.4) is 0 Å². The first kappa shape index (κ1) is 14.2. The van der Waals surface area contributed by atoms with E-state index in [1.54, 1.807) is 17.9 Å². The summed E-state index contributed by atoms with van der Waals surface area (Å²) < 4.78 is 1.59. The minimum Gasteiger partial charge on any atom is -0.322 e. The van der Waals surface area contributed by atoms with Crippen molar-refractivity contribution < 1.29 is 9.59 Å². The van der Waals surface area contributed by atoms with Crippen LogP contribution in [0, 0.1) is 0 Å². The van der Waals surface area contributed by atoms with Gasteiger partial charge in [-0.2, -0.15) is 5.10 Å². The minimum absolute atomic E-state index is 0.117. The van der Waals surface area contributed by atoms with Gasteiger partial charge in [-0.15, -0.1) is 0 Å². The largest absolute Gasteiger partial charge is 0.322 e. The van der Waals surface area contributed by atoms with Gasteiger partial charge in [-0.05, 0) is 6.42 Å². The van der Waals surface area contributed by atoms with Crippen LogP contribution in [0.5, 0.6) is 0 Å². The molecule has 22 heavy (non-hydrogen) atoms. The lowest BCUT2D eigenvalue weighted by Crippen LogP contribution is -2.23. The summed E-state index contributed by atoms with van der Waals surface area (Å²) in [5.41, 5.74) is 1.49. The summed E-state index contributed by atoms with van der Waals surface area (Å²) in [7, 11) is 1.75. The third-order valence-electron chi connectivity index (χ3n) is 3.63. The van der Waals surface area contributed by atoms with Crippen molar-refractivity contribution in [1.29, 1.82) is 0 Å². The lowest BCUT2D eigenvalue weighted by Gasteiger charge is -2.17. The highest BCUT2D eigenvalue weighted by Crippen LogP contribution is 2.28. The molecule has 0 aliphatic carbocycles. The van der Waals surface area contributed by atoms with E-state index < -0.39 is 0 Å². The van der Waals surface area contributed by atoms with Crippen LogP contribution in [-0.2, 0) is 11.8 Å². The zero-order valence-corrected chi connectivity index (χ0v) is 12.3. The van der Waals surface area contributed by atoms with Crippen molar-refractivity contribution in [3.8, 4) is 0 Å². The Bertz CT molecular complexity index is 739. The Morgan fingerprint density at radius 3 is 2.95 bits per heavy atom. The highest BCUT2D eigenvalue weighted by atomic mass is 16.2. The summed E-state index contributed by atoms with van der Waals surface area (Å²) in [5, 5.41) is 9.81. The van der Waals surface area contributed by atoms with Gasteiger partial charge >= 0.3 is 0 Å². The van der Waals surface area contributed by atoms with Crippen molar-refractivity contribution in [2.24, 2.45) is 7.05 Å². The van der Waals surface area contributed by atoms with Crippen LogP contribution in [0.15, 0.2) is 18.7 Å². The number of anilines is 2. The van der Waals surface area contributed by atoms with Crippen molar-refractivity contribution in [3.05, 3.63) is 30.0 Å². The highest BCUT2D eigenvalue weighted by molar-refractivity contribution is 6.07. The van der Waals surface area contributed by atoms with Gasteiger partial charge in [0.25, 0.3) is 5.91 Å². The number of hydrogen-bond acceptors (Lipinski definition) is 5. The number of rotatable bonds is 1. The Morgan fingerprint density at radius 2 is 2.18 bits per heavy atom. The Labute approximate surface area is 127 Å². The number of aryl methyl sites for hydroxylation is 1. The molecule has 0 saturated carbocycles. The fraction of sp³-hybridized carbons (Fsp3) is 0.357. The molecule has 1 unspecified atom stereocenters. The van der Waals surface area contributed by atoms with Gasteiger partial charge in [0.2, 0.25) is 5.91 Å². The molecule has 1 aliphatic heterocycles. The van der Waals surface area contributed by atoms with Crippen molar-refractivity contribution in [2.45, 2.75) is 25.7 Å². The van der Waals surface area contributed by atoms with Gasteiger partial charge in [-0.3, -0.25) is 14.3 Å². The maximum Gasteiger partial charge on any atom is 0.260 e. The first-order chi connectivity index (χ1) is 10.6. The summed E-state index contributed by atoms with van der Waals surface area (Å²) in [6.07, 6.45) is 5.40. The lowest BCUT2D eigenvalue weighted by molar-refractivity contribution is -0.116. The predicted molar refractivity (Wildman–Crippen MR) is 79.5 cm³/mol. The topological polar surface area (TPSA) is 102 Å². The lowest BCUT2D eigenvalue weighted by atomic mass is 9.94. The monoisotopic (exact) mass is 300 g/mol. The molecule has 1 aliphatic rings. The van der Waals surface area contributed by atoms with Crippen LogP contribution in [-0.4, -0.2) is 31.6 Å². The molecule has 8 heteroatoms. The van der Waals surface area contributed by atoms with Crippen molar-refractivity contribution in [3.63, 3.8) is 0 Å². The smallest absolute Gasteiger partial charge is 0.260 e. The standard InChI is InChI=1S/C14H16N6O2/c1-3-8-4-11(21)17-10-5-15-7-16-13(10)18-14(22)9-6-20(2)19-12(8)9/h5-8H,3-4H2,1-2H3,(H,17,21)(H,15,16,18,22). The van der Waals surface area contributed by atoms with Gasteiger partial charge in [-0.25, -0.2) is 9.97 Å². The zero-order chi connectivity index (χ0) is 15.7. The number of hydrogen-bond donors (Lipinski definition) is 2. The van der Waals surface area contributed by atoms with E-state index in [0.29, 0.717) is 23.4 Å². The number of nitrogens with one attached hydrogen (secondary N) is 2. The maximum atomic E-state index is 12.5. The van der Waals surface area contributed by atoms with Gasteiger partial charge in [-0.1, -0.05) is 6.92 Å². The molecule has 2 aromatic rings. The Kier molecular flexibility index (Phi) is 3.58. The molecule has 114 valence electrons. The molecule has 0 bridgehead atoms. The van der Waals surface area contributed by atoms with Crippen LogP contribution in [0.1, 0.15) is 41.7 Å². The molecule has 0 fully saturated rings. The number of aromatic nitrogens is 4. The SMILES string of the molecule is CCC1CC(=O)Nc2cncnc2NC(=O)c2cn(C)nc21. The maximum absolute atomic E-state index is 12.5. The van der Waals surface area contributed by atoms with Gasteiger partial charge in [0.05, 0.1) is 17.5 Å². The molecule has 8 nitrogen and oxygen atoms in total. The van der Waals surface area contributed by atoms with Gasteiger partial charge in [0.15, 0.2) is 5.82 Å². The minimum atomic E-state index is -0.294. The molecule has 0 saturated heterocycles. The molecule has 3 rings (SSSR count). The Morgan fingerprint density at radius 1 is 1.36 bits per heavy atom. The molecule has 3 heterocycles. The van der Waals surface area contributed by atoms with E-state index in [1.165, 1.54) is 12.5 Å². The van der Waals surface area contributed by atoms with E-state index in [2.05, 4.69) is 25.7 Å². The third-order valence-corrected chi connectivity index (χ3v) is 3.63. The van der Waals surface area contributed by atoms with Gasteiger partial charge in [0.1, 0.15) is 12.0 Å². The first-order valence-corrected chi connectivity index (χ1v) is 7.03. The molecule has 1 atom stereocenters. The summed E-state index contributed by atoms with van der Waals surface area (Å²) in [6, 6.07) is 0. The van der Waals surface area contributed by atoms with Crippen LogP contribution in [0.2, 0.25) is 0 Å². The molecular formula is C14H16N6O2. The number of amides is 2. The van der Waals surface area contributed by atoms with Crippen LogP contribution in [0.4, 0.5) is 11.5 Å². The predicted octanol–water partition coefficient (Wildman–Crippen LogP) is 1.30. The van der Waals surface area contributed by atoms with E-state index >= 15 is 0 Å². The van der Waals surface area contributed by atoms with Crippen LogP contribution in [0.25, 0.3) is 0 Å². The molecule has 2 N–H and O–H groups in total. The van der Waals surface area contributed by atoms with E-state index in [4.69, 9.17) is 0 Å². The molecule has 2 aromatic heterocycles.